The zero-order chi connectivity index (χ0) is 14.7. The number of carbonyl (C=O) groups is 2. The van der Waals surface area contributed by atoms with E-state index >= 15 is 0 Å². The fourth-order valence-corrected chi connectivity index (χ4v) is 3.41. The van der Waals surface area contributed by atoms with Gasteiger partial charge in [0.15, 0.2) is 0 Å². The predicted octanol–water partition coefficient (Wildman–Crippen LogP) is 2.89. The fraction of sp³-hybridized carbons (Fsp3) is 0.667. The van der Waals surface area contributed by atoms with Crippen LogP contribution >= 0.6 is 11.3 Å². The van der Waals surface area contributed by atoms with Crippen LogP contribution in [-0.2, 0) is 16.1 Å². The highest BCUT2D eigenvalue weighted by Crippen LogP contribution is 2.27. The molecule has 1 N–H and O–H groups in total. The van der Waals surface area contributed by atoms with Gasteiger partial charge in [-0.3, -0.25) is 9.59 Å². The average molecular weight is 294 g/mol. The fourth-order valence-electron chi connectivity index (χ4n) is 2.57. The van der Waals surface area contributed by atoms with Crippen LogP contribution in [0.5, 0.6) is 0 Å². The van der Waals surface area contributed by atoms with Crippen molar-refractivity contribution < 1.29 is 9.59 Å². The molecule has 1 amide bonds. The second-order valence-corrected chi connectivity index (χ2v) is 6.80. The number of amides is 1. The highest BCUT2D eigenvalue weighted by molar-refractivity contribution is 7.09. The highest BCUT2D eigenvalue weighted by Gasteiger charge is 2.31. The lowest BCUT2D eigenvalue weighted by molar-refractivity contribution is -0.131. The van der Waals surface area contributed by atoms with Crippen LogP contribution in [0, 0.1) is 11.8 Å². The van der Waals surface area contributed by atoms with E-state index in [0.29, 0.717) is 31.7 Å². The largest absolute Gasteiger partial charge is 0.350 e. The maximum Gasteiger partial charge on any atom is 0.223 e. The number of hydrogen-bond donors (Lipinski definition) is 1. The average Bonchev–Trinajstić information content (AvgIpc) is 2.85. The van der Waals surface area contributed by atoms with E-state index in [2.05, 4.69) is 24.1 Å². The van der Waals surface area contributed by atoms with E-state index in [-0.39, 0.29) is 23.5 Å². The summed E-state index contributed by atoms with van der Waals surface area (Å²) in [5.41, 5.74) is 0.923. The van der Waals surface area contributed by atoms with Crippen LogP contribution in [0.1, 0.15) is 56.7 Å². The maximum atomic E-state index is 12.2. The lowest BCUT2D eigenvalue weighted by Crippen LogP contribution is -2.37. The van der Waals surface area contributed by atoms with Crippen LogP contribution in [0.4, 0.5) is 0 Å². The third-order valence-corrected chi connectivity index (χ3v) is 5.01. The third kappa shape index (κ3) is 3.66. The van der Waals surface area contributed by atoms with Gasteiger partial charge in [0.05, 0.1) is 17.2 Å². The molecule has 1 aromatic heterocycles. The molecule has 2 rings (SSSR count). The molecule has 2 atom stereocenters. The van der Waals surface area contributed by atoms with Gasteiger partial charge in [0, 0.05) is 30.1 Å². The van der Waals surface area contributed by atoms with E-state index in [9.17, 15) is 9.59 Å². The van der Waals surface area contributed by atoms with Crippen LogP contribution in [0.3, 0.4) is 0 Å². The first-order valence-electron chi connectivity index (χ1n) is 7.21. The Balaban J connectivity index is 1.86. The zero-order valence-corrected chi connectivity index (χ0v) is 13.1. The maximum absolute atomic E-state index is 12.2. The molecule has 0 saturated heterocycles. The molecule has 4 nitrogen and oxygen atoms in total. The second kappa shape index (κ2) is 6.48. The number of thiazole rings is 1. The van der Waals surface area contributed by atoms with E-state index in [1.54, 1.807) is 11.3 Å². The Bertz CT molecular complexity index is 496. The number of hydrogen-bond acceptors (Lipinski definition) is 4. The van der Waals surface area contributed by atoms with Gasteiger partial charge >= 0.3 is 0 Å². The predicted molar refractivity (Wildman–Crippen MR) is 79.6 cm³/mol. The zero-order valence-electron chi connectivity index (χ0n) is 12.3. The quantitative estimate of drug-likeness (QED) is 0.929. The minimum atomic E-state index is -0.0316. The second-order valence-electron chi connectivity index (χ2n) is 5.91. The van der Waals surface area contributed by atoms with Gasteiger partial charge in [0.25, 0.3) is 0 Å². The van der Waals surface area contributed by atoms with Crippen LogP contribution < -0.4 is 5.32 Å². The molecule has 1 heterocycles. The van der Waals surface area contributed by atoms with Gasteiger partial charge in [0.2, 0.25) is 5.91 Å². The summed E-state index contributed by atoms with van der Waals surface area (Å²) in [7, 11) is 0. The number of ketones is 1. The molecule has 5 heteroatoms. The summed E-state index contributed by atoms with van der Waals surface area (Å²) in [5, 5.41) is 6.07. The molecular weight excluding hydrogens is 272 g/mol. The first-order chi connectivity index (χ1) is 9.47. The molecule has 0 radical (unpaired) electrons. The van der Waals surface area contributed by atoms with Crippen molar-refractivity contribution in [1.29, 1.82) is 0 Å². The van der Waals surface area contributed by atoms with Crippen molar-refractivity contribution in [2.45, 2.75) is 52.5 Å². The van der Waals surface area contributed by atoms with Crippen LogP contribution in [0.15, 0.2) is 5.38 Å². The van der Waals surface area contributed by atoms with Gasteiger partial charge in [-0.1, -0.05) is 20.8 Å². The van der Waals surface area contributed by atoms with E-state index in [4.69, 9.17) is 0 Å². The molecule has 0 bridgehead atoms. The standard InChI is InChI=1S/C15H22N2O2S/c1-9(2)15-17-11(8-20-15)7-16-14(19)13-5-4-12(18)6-10(13)3/h8-10,13H,4-7H2,1-3H3,(H,16,19)/t10-,13-/m1/s1. The molecule has 1 saturated carbocycles. The summed E-state index contributed by atoms with van der Waals surface area (Å²) in [4.78, 5) is 28.0. The van der Waals surface area contributed by atoms with Crippen molar-refractivity contribution in [2.75, 3.05) is 0 Å². The minimum absolute atomic E-state index is 0.0316. The van der Waals surface area contributed by atoms with Gasteiger partial charge in [-0.2, -0.15) is 0 Å². The van der Waals surface area contributed by atoms with Gasteiger partial charge in [0.1, 0.15) is 5.78 Å². The Morgan fingerprint density at radius 1 is 1.55 bits per heavy atom. The normalized spacial score (nSPS) is 23.1. The van der Waals surface area contributed by atoms with Gasteiger partial charge in [-0.25, -0.2) is 4.98 Å². The molecule has 1 aliphatic rings. The molecule has 1 fully saturated rings. The molecule has 1 aromatic rings. The highest BCUT2D eigenvalue weighted by atomic mass is 32.1. The molecule has 1 aliphatic carbocycles. The summed E-state index contributed by atoms with van der Waals surface area (Å²) >= 11 is 1.64. The number of aromatic nitrogens is 1. The van der Waals surface area contributed by atoms with Crippen molar-refractivity contribution in [3.8, 4) is 0 Å². The Morgan fingerprint density at radius 3 is 2.90 bits per heavy atom. The van der Waals surface area contributed by atoms with Crippen molar-refractivity contribution in [3.63, 3.8) is 0 Å². The molecule has 0 aliphatic heterocycles. The van der Waals surface area contributed by atoms with Gasteiger partial charge in [-0.15, -0.1) is 11.3 Å². The van der Waals surface area contributed by atoms with Crippen LogP contribution in [0.2, 0.25) is 0 Å². The Hall–Kier alpha value is -1.23. The van der Waals surface area contributed by atoms with Crippen molar-refractivity contribution in [1.82, 2.24) is 10.3 Å². The molecule has 0 aromatic carbocycles. The molecule has 20 heavy (non-hydrogen) atoms. The molecule has 0 spiro atoms. The van der Waals surface area contributed by atoms with E-state index < -0.39 is 0 Å². The smallest absolute Gasteiger partial charge is 0.223 e. The third-order valence-electron chi connectivity index (χ3n) is 3.81. The number of carbonyl (C=O) groups excluding carboxylic acids is 2. The van der Waals surface area contributed by atoms with E-state index in [1.165, 1.54) is 0 Å². The molecule has 110 valence electrons. The first kappa shape index (κ1) is 15.2. The SMILES string of the molecule is CC(C)c1nc(CNC(=O)[C@@H]2CCC(=O)C[C@H]2C)cs1. The summed E-state index contributed by atoms with van der Waals surface area (Å²) in [5.74, 6) is 0.884. The first-order valence-corrected chi connectivity index (χ1v) is 8.09. The van der Waals surface area contributed by atoms with Gasteiger partial charge < -0.3 is 5.32 Å². The van der Waals surface area contributed by atoms with Crippen molar-refractivity contribution >= 4 is 23.0 Å². The van der Waals surface area contributed by atoms with E-state index in [0.717, 1.165) is 10.7 Å². The number of rotatable bonds is 4. The number of nitrogens with zero attached hydrogens (tertiary/aromatic N) is 1. The summed E-state index contributed by atoms with van der Waals surface area (Å²) in [6.07, 6.45) is 1.75. The monoisotopic (exact) mass is 294 g/mol. The van der Waals surface area contributed by atoms with Crippen molar-refractivity contribution in [2.24, 2.45) is 11.8 Å². The van der Waals surface area contributed by atoms with E-state index in [1.807, 2.05) is 12.3 Å². The molecule has 0 unspecified atom stereocenters. The minimum Gasteiger partial charge on any atom is -0.350 e. The summed E-state index contributed by atoms with van der Waals surface area (Å²) in [6, 6.07) is 0. The Labute approximate surface area is 124 Å². The number of nitrogens with one attached hydrogen (secondary N) is 1. The number of Topliss-reactive ketones (excluding diaryl/α,β-unsaturated/α-hetero) is 1. The van der Waals surface area contributed by atoms with Crippen LogP contribution in [-0.4, -0.2) is 16.7 Å². The Kier molecular flexibility index (Phi) is 4.91. The topological polar surface area (TPSA) is 59.1 Å². The molecular formula is C15H22N2O2S. The lowest BCUT2D eigenvalue weighted by atomic mass is 9.79. The summed E-state index contributed by atoms with van der Waals surface area (Å²) in [6.45, 7) is 6.70. The van der Waals surface area contributed by atoms with Gasteiger partial charge in [-0.05, 0) is 12.3 Å². The lowest BCUT2D eigenvalue weighted by Gasteiger charge is -2.26. The Morgan fingerprint density at radius 2 is 2.30 bits per heavy atom. The van der Waals surface area contributed by atoms with Crippen molar-refractivity contribution in [3.05, 3.63) is 16.1 Å². The summed E-state index contributed by atoms with van der Waals surface area (Å²) < 4.78 is 0. The van der Waals surface area contributed by atoms with Crippen LogP contribution in [0.25, 0.3) is 0 Å².